The molecule has 6 nitrogen and oxygen atoms in total. The number of pyridine rings is 1. The largest absolute Gasteiger partial charge is 0.326 e. The lowest BCUT2D eigenvalue weighted by Crippen LogP contribution is -2.34. The summed E-state index contributed by atoms with van der Waals surface area (Å²) in [7, 11) is 0. The maximum absolute atomic E-state index is 11.4. The van der Waals surface area contributed by atoms with Gasteiger partial charge in [0.15, 0.2) is 0 Å². The number of benzene rings is 2. The van der Waals surface area contributed by atoms with Crippen molar-refractivity contribution in [1.82, 2.24) is 19.4 Å². The van der Waals surface area contributed by atoms with Crippen molar-refractivity contribution in [3.63, 3.8) is 0 Å². The van der Waals surface area contributed by atoms with Crippen LogP contribution in [0.2, 0.25) is 0 Å². The van der Waals surface area contributed by atoms with E-state index < -0.39 is 0 Å². The molecule has 1 aliphatic heterocycles. The molecule has 1 N–H and O–H groups in total. The number of carbonyl (C=O) groups excluding carboxylic acids is 1. The maximum Gasteiger partial charge on any atom is 0.221 e. The van der Waals surface area contributed by atoms with E-state index in [-0.39, 0.29) is 5.91 Å². The maximum atomic E-state index is 11.4. The normalized spacial score (nSPS) is 15.0. The number of likely N-dealkylation sites (tertiary alicyclic amines) is 1. The number of piperidine rings is 1. The number of anilines is 1. The number of nitrogens with zero attached hydrogens (tertiary/aromatic N) is 4. The summed E-state index contributed by atoms with van der Waals surface area (Å²) in [6, 6.07) is 20.8. The zero-order valence-electron chi connectivity index (χ0n) is 19.7. The minimum absolute atomic E-state index is 0.0238. The number of hydrogen-bond acceptors (Lipinski definition) is 4. The Balaban J connectivity index is 1.20. The van der Waals surface area contributed by atoms with Crippen molar-refractivity contribution in [3.05, 3.63) is 78.6 Å². The van der Waals surface area contributed by atoms with Gasteiger partial charge in [-0.3, -0.25) is 9.78 Å². The summed E-state index contributed by atoms with van der Waals surface area (Å²) >= 11 is 0. The van der Waals surface area contributed by atoms with Crippen LogP contribution in [0.15, 0.2) is 73.1 Å². The molecule has 0 spiro atoms. The number of fused-ring (bicyclic) bond motifs is 1. The number of hydrogen-bond donors (Lipinski definition) is 1. The molecule has 0 atom stereocenters. The van der Waals surface area contributed by atoms with Gasteiger partial charge in [-0.25, -0.2) is 4.98 Å². The fourth-order valence-electron chi connectivity index (χ4n) is 5.03. The average molecular weight is 454 g/mol. The molecule has 2 aromatic carbocycles. The van der Waals surface area contributed by atoms with Crippen LogP contribution in [0.3, 0.4) is 0 Å². The molecule has 6 heteroatoms. The fourth-order valence-corrected chi connectivity index (χ4v) is 5.03. The van der Waals surface area contributed by atoms with Gasteiger partial charge in [-0.1, -0.05) is 42.5 Å². The summed E-state index contributed by atoms with van der Waals surface area (Å²) < 4.78 is 2.34. The van der Waals surface area contributed by atoms with Crippen LogP contribution < -0.4 is 5.32 Å². The van der Waals surface area contributed by atoms with Crippen LogP contribution in [0.25, 0.3) is 22.4 Å². The highest BCUT2D eigenvalue weighted by molar-refractivity contribution is 5.88. The zero-order valence-corrected chi connectivity index (χ0v) is 19.7. The minimum atomic E-state index is -0.0238. The van der Waals surface area contributed by atoms with Gasteiger partial charge in [-0.2, -0.15) is 0 Å². The van der Waals surface area contributed by atoms with E-state index in [0.717, 1.165) is 73.6 Å². The standard InChI is InChI=1S/C28H31N5O/c1-21(34)30-25-10-5-9-24(19-25)22-12-17-32(18-13-22)15-6-16-33-27-11-14-29-20-26(27)31-28(33)23-7-3-2-4-8-23/h2-5,7-11,14,19-20,22H,6,12-13,15-18H2,1H3,(H,30,34). The highest BCUT2D eigenvalue weighted by Gasteiger charge is 2.21. The van der Waals surface area contributed by atoms with Crippen LogP contribution >= 0.6 is 0 Å². The minimum Gasteiger partial charge on any atom is -0.326 e. The molecule has 1 amide bonds. The third-order valence-electron chi connectivity index (χ3n) is 6.70. The molecule has 34 heavy (non-hydrogen) atoms. The van der Waals surface area contributed by atoms with Gasteiger partial charge in [-0.15, -0.1) is 0 Å². The van der Waals surface area contributed by atoms with Crippen molar-refractivity contribution in [2.45, 2.75) is 38.6 Å². The molecule has 1 aliphatic rings. The Kier molecular flexibility index (Phi) is 6.67. The molecule has 2 aromatic heterocycles. The zero-order chi connectivity index (χ0) is 23.3. The molecule has 0 aliphatic carbocycles. The third-order valence-corrected chi connectivity index (χ3v) is 6.70. The molecular formula is C28H31N5O. The van der Waals surface area contributed by atoms with Gasteiger partial charge >= 0.3 is 0 Å². The summed E-state index contributed by atoms with van der Waals surface area (Å²) in [5.74, 6) is 1.55. The van der Waals surface area contributed by atoms with Gasteiger partial charge in [0, 0.05) is 30.9 Å². The van der Waals surface area contributed by atoms with Gasteiger partial charge in [-0.05, 0) is 68.6 Å². The molecule has 1 saturated heterocycles. The molecule has 4 aromatic rings. The van der Waals surface area contributed by atoms with E-state index in [0.29, 0.717) is 5.92 Å². The van der Waals surface area contributed by atoms with E-state index in [1.165, 1.54) is 5.56 Å². The lowest BCUT2D eigenvalue weighted by molar-refractivity contribution is -0.114. The molecule has 0 radical (unpaired) electrons. The van der Waals surface area contributed by atoms with E-state index in [9.17, 15) is 4.79 Å². The monoisotopic (exact) mass is 453 g/mol. The molecule has 0 bridgehead atoms. The molecule has 0 unspecified atom stereocenters. The Labute approximate surface area is 200 Å². The third kappa shape index (κ3) is 5.02. The van der Waals surface area contributed by atoms with Gasteiger partial charge in [0.1, 0.15) is 11.3 Å². The predicted octanol–water partition coefficient (Wildman–Crippen LogP) is 5.33. The van der Waals surface area contributed by atoms with Crippen molar-refractivity contribution < 1.29 is 4.79 Å². The summed E-state index contributed by atoms with van der Waals surface area (Å²) in [5.41, 5.74) is 5.46. The van der Waals surface area contributed by atoms with Crippen LogP contribution in [-0.2, 0) is 11.3 Å². The van der Waals surface area contributed by atoms with Crippen molar-refractivity contribution in [3.8, 4) is 11.4 Å². The Morgan fingerprint density at radius 1 is 1.03 bits per heavy atom. The highest BCUT2D eigenvalue weighted by atomic mass is 16.1. The van der Waals surface area contributed by atoms with Gasteiger partial charge < -0.3 is 14.8 Å². The van der Waals surface area contributed by atoms with Crippen LogP contribution in [0.4, 0.5) is 5.69 Å². The molecule has 174 valence electrons. The Bertz CT molecular complexity index is 1260. The first-order valence-corrected chi connectivity index (χ1v) is 12.1. The predicted molar refractivity (Wildman–Crippen MR) is 137 cm³/mol. The summed E-state index contributed by atoms with van der Waals surface area (Å²) in [6.07, 6.45) is 7.08. The molecule has 1 fully saturated rings. The molecule has 0 saturated carbocycles. The van der Waals surface area contributed by atoms with Gasteiger partial charge in [0.25, 0.3) is 0 Å². The van der Waals surface area contributed by atoms with Crippen LogP contribution in [0.1, 0.15) is 37.7 Å². The summed E-state index contributed by atoms with van der Waals surface area (Å²) in [5, 5.41) is 2.90. The first kappa shape index (κ1) is 22.3. The van der Waals surface area contributed by atoms with Gasteiger partial charge in [0.2, 0.25) is 5.91 Å². The van der Waals surface area contributed by atoms with E-state index >= 15 is 0 Å². The second-order valence-electron chi connectivity index (χ2n) is 9.09. The average Bonchev–Trinajstić information content (AvgIpc) is 3.23. The quantitative estimate of drug-likeness (QED) is 0.411. The van der Waals surface area contributed by atoms with E-state index in [1.807, 2.05) is 30.6 Å². The molecule has 3 heterocycles. The van der Waals surface area contributed by atoms with E-state index in [2.05, 4.69) is 62.2 Å². The number of amides is 1. The highest BCUT2D eigenvalue weighted by Crippen LogP contribution is 2.30. The smallest absolute Gasteiger partial charge is 0.221 e. The lowest BCUT2D eigenvalue weighted by Gasteiger charge is -2.32. The van der Waals surface area contributed by atoms with Crippen LogP contribution in [0, 0.1) is 0 Å². The van der Waals surface area contributed by atoms with Crippen molar-refractivity contribution in [2.24, 2.45) is 0 Å². The molecule has 5 rings (SSSR count). The number of aromatic nitrogens is 3. The Hall–Kier alpha value is -3.51. The first-order valence-electron chi connectivity index (χ1n) is 12.1. The van der Waals surface area contributed by atoms with E-state index in [4.69, 9.17) is 4.98 Å². The summed E-state index contributed by atoms with van der Waals surface area (Å²) in [4.78, 5) is 23.1. The topological polar surface area (TPSA) is 63.1 Å². The number of aryl methyl sites for hydroxylation is 1. The SMILES string of the molecule is CC(=O)Nc1cccc(C2CCN(CCCn3c(-c4ccccc4)nc4cnccc43)CC2)c1. The van der Waals surface area contributed by atoms with Crippen molar-refractivity contribution in [1.29, 1.82) is 0 Å². The fraction of sp³-hybridized carbons (Fsp3) is 0.321. The molecular weight excluding hydrogens is 422 g/mol. The number of imidazole rings is 1. The Morgan fingerprint density at radius 2 is 1.85 bits per heavy atom. The number of carbonyl (C=O) groups is 1. The number of rotatable bonds is 7. The van der Waals surface area contributed by atoms with Crippen LogP contribution in [0.5, 0.6) is 0 Å². The lowest BCUT2D eigenvalue weighted by atomic mass is 9.89. The van der Waals surface area contributed by atoms with E-state index in [1.54, 1.807) is 6.92 Å². The Morgan fingerprint density at radius 3 is 2.65 bits per heavy atom. The number of nitrogens with one attached hydrogen (secondary N) is 1. The first-order chi connectivity index (χ1) is 16.7. The second kappa shape index (κ2) is 10.2. The van der Waals surface area contributed by atoms with Crippen LogP contribution in [-0.4, -0.2) is 45.0 Å². The van der Waals surface area contributed by atoms with Crippen molar-refractivity contribution in [2.75, 3.05) is 25.0 Å². The summed E-state index contributed by atoms with van der Waals surface area (Å²) in [6.45, 7) is 5.78. The van der Waals surface area contributed by atoms with Crippen molar-refractivity contribution >= 4 is 22.6 Å². The van der Waals surface area contributed by atoms with Gasteiger partial charge in [0.05, 0.1) is 11.7 Å². The second-order valence-corrected chi connectivity index (χ2v) is 9.09.